The number of amides is 1. The van der Waals surface area contributed by atoms with Gasteiger partial charge in [0.25, 0.3) is 0 Å². The minimum absolute atomic E-state index is 0.143. The topological polar surface area (TPSA) is 103 Å². The molecule has 0 radical (unpaired) electrons. The summed E-state index contributed by atoms with van der Waals surface area (Å²) in [6, 6.07) is 18.5. The van der Waals surface area contributed by atoms with Crippen LogP contribution in [0.3, 0.4) is 0 Å². The standard InChI is InChI=1S/C28H23I2NO5/c1-16(12-17-6-3-2-4-7-17)35-19-10-11-20-24(15-19)36-23(8-5-9-25(31)32)26(20)27(33)18-13-21(29)28(34)22(30)14-18/h2-4,6-7,10-11,13-15,34H,1,5,8-9,12H2,(H2,31,32). The molecule has 4 rings (SSSR count). The van der Waals surface area contributed by atoms with E-state index in [1.165, 1.54) is 0 Å². The van der Waals surface area contributed by atoms with Crippen molar-refractivity contribution in [2.45, 2.75) is 25.7 Å². The van der Waals surface area contributed by atoms with Crippen LogP contribution in [0, 0.1) is 7.14 Å². The second-order valence-corrected chi connectivity index (χ2v) is 10.6. The van der Waals surface area contributed by atoms with Gasteiger partial charge in [0, 0.05) is 36.3 Å². The van der Waals surface area contributed by atoms with E-state index in [1.807, 2.05) is 75.5 Å². The van der Waals surface area contributed by atoms with Crippen molar-refractivity contribution in [3.63, 3.8) is 0 Å². The third-order valence-electron chi connectivity index (χ3n) is 5.57. The molecule has 1 aromatic heterocycles. The van der Waals surface area contributed by atoms with Crippen molar-refractivity contribution in [2.24, 2.45) is 5.73 Å². The Bertz CT molecular complexity index is 1440. The highest BCUT2D eigenvalue weighted by molar-refractivity contribution is 14.1. The third kappa shape index (κ3) is 6.09. The van der Waals surface area contributed by atoms with Crippen LogP contribution < -0.4 is 10.5 Å². The number of fused-ring (bicyclic) bond motifs is 1. The average Bonchev–Trinajstić information content (AvgIpc) is 3.19. The molecule has 3 N–H and O–H groups in total. The van der Waals surface area contributed by atoms with Gasteiger partial charge in [-0.15, -0.1) is 0 Å². The lowest BCUT2D eigenvalue weighted by atomic mass is 9.98. The summed E-state index contributed by atoms with van der Waals surface area (Å²) in [5.41, 5.74) is 7.76. The van der Waals surface area contributed by atoms with E-state index < -0.39 is 5.91 Å². The molecule has 0 fully saturated rings. The second-order valence-electron chi connectivity index (χ2n) is 8.30. The fraction of sp³-hybridized carbons (Fsp3) is 0.143. The summed E-state index contributed by atoms with van der Waals surface area (Å²) in [5, 5.41) is 10.8. The first-order valence-electron chi connectivity index (χ1n) is 11.2. The van der Waals surface area contributed by atoms with E-state index in [9.17, 15) is 14.7 Å². The lowest BCUT2D eigenvalue weighted by Gasteiger charge is -2.09. The number of benzene rings is 3. The van der Waals surface area contributed by atoms with Gasteiger partial charge < -0.3 is 20.0 Å². The molecule has 0 spiro atoms. The molecule has 0 aliphatic heterocycles. The van der Waals surface area contributed by atoms with Crippen LogP contribution in [-0.4, -0.2) is 16.8 Å². The molecule has 36 heavy (non-hydrogen) atoms. The summed E-state index contributed by atoms with van der Waals surface area (Å²) in [4.78, 5) is 24.9. The molecule has 3 aromatic carbocycles. The zero-order valence-electron chi connectivity index (χ0n) is 19.2. The Kier molecular flexibility index (Phi) is 8.35. The number of carbonyl (C=O) groups is 2. The van der Waals surface area contributed by atoms with Gasteiger partial charge in [0.05, 0.1) is 12.7 Å². The summed E-state index contributed by atoms with van der Waals surface area (Å²) in [6.07, 6.45) is 1.59. The van der Waals surface area contributed by atoms with E-state index in [-0.39, 0.29) is 18.0 Å². The van der Waals surface area contributed by atoms with E-state index in [2.05, 4.69) is 6.58 Å². The average molecular weight is 707 g/mol. The van der Waals surface area contributed by atoms with Crippen molar-refractivity contribution in [1.82, 2.24) is 0 Å². The monoisotopic (exact) mass is 707 g/mol. The molecule has 1 amide bonds. The van der Waals surface area contributed by atoms with Gasteiger partial charge in [-0.1, -0.05) is 36.9 Å². The van der Waals surface area contributed by atoms with Crippen molar-refractivity contribution < 1.29 is 23.8 Å². The van der Waals surface area contributed by atoms with Crippen molar-refractivity contribution in [3.05, 3.63) is 103 Å². The molecule has 0 aliphatic carbocycles. The number of furan rings is 1. The number of primary amides is 1. The Morgan fingerprint density at radius 3 is 2.39 bits per heavy atom. The predicted molar refractivity (Wildman–Crippen MR) is 155 cm³/mol. The molecular weight excluding hydrogens is 684 g/mol. The zero-order valence-corrected chi connectivity index (χ0v) is 23.5. The molecule has 0 aliphatic rings. The lowest BCUT2D eigenvalue weighted by molar-refractivity contribution is -0.118. The van der Waals surface area contributed by atoms with Gasteiger partial charge in [-0.2, -0.15) is 0 Å². The fourth-order valence-corrected chi connectivity index (χ4v) is 5.67. The Morgan fingerprint density at radius 1 is 1.03 bits per heavy atom. The van der Waals surface area contributed by atoms with Gasteiger partial charge in [-0.3, -0.25) is 9.59 Å². The molecule has 0 saturated carbocycles. The summed E-state index contributed by atoms with van der Waals surface area (Å²) in [6.45, 7) is 4.02. The number of hydrogen-bond acceptors (Lipinski definition) is 5. The van der Waals surface area contributed by atoms with Crippen LogP contribution in [0.15, 0.2) is 77.4 Å². The number of phenolic OH excluding ortho intramolecular Hbond substituents is 1. The zero-order chi connectivity index (χ0) is 25.8. The minimum Gasteiger partial charge on any atom is -0.506 e. The maximum atomic E-state index is 13.6. The fourth-order valence-electron chi connectivity index (χ4n) is 3.91. The van der Waals surface area contributed by atoms with Crippen LogP contribution in [0.2, 0.25) is 0 Å². The van der Waals surface area contributed by atoms with Gasteiger partial charge in [-0.05, 0) is 81.4 Å². The van der Waals surface area contributed by atoms with Crippen LogP contribution in [0.1, 0.15) is 40.1 Å². The molecule has 6 nitrogen and oxygen atoms in total. The van der Waals surface area contributed by atoms with Crippen LogP contribution in [0.5, 0.6) is 11.5 Å². The van der Waals surface area contributed by atoms with Crippen molar-refractivity contribution in [3.8, 4) is 11.5 Å². The summed E-state index contributed by atoms with van der Waals surface area (Å²) < 4.78 is 13.2. The van der Waals surface area contributed by atoms with Crippen molar-refractivity contribution >= 4 is 67.8 Å². The quantitative estimate of drug-likeness (QED) is 0.111. The number of ether oxygens (including phenoxy) is 1. The van der Waals surface area contributed by atoms with Gasteiger partial charge in [-0.25, -0.2) is 0 Å². The van der Waals surface area contributed by atoms with Crippen molar-refractivity contribution in [1.29, 1.82) is 0 Å². The number of aromatic hydroxyl groups is 1. The Labute approximate surface area is 235 Å². The molecule has 0 unspecified atom stereocenters. The van der Waals surface area contributed by atoms with Gasteiger partial charge in [0.2, 0.25) is 5.91 Å². The number of allylic oxidation sites excluding steroid dienone is 1. The largest absolute Gasteiger partial charge is 0.506 e. The highest BCUT2D eigenvalue weighted by atomic mass is 127. The Morgan fingerprint density at radius 2 is 1.72 bits per heavy atom. The van der Waals surface area contributed by atoms with Crippen LogP contribution in [0.4, 0.5) is 0 Å². The SMILES string of the molecule is C=C(Cc1ccccc1)Oc1ccc2c(C(=O)c3cc(I)c(O)c(I)c3)c(CCCC(N)=O)oc2c1. The molecule has 8 heteroatoms. The molecular formula is C28H23I2NO5. The second kappa shape index (κ2) is 11.5. The van der Waals surface area contributed by atoms with E-state index in [4.69, 9.17) is 14.9 Å². The number of ketones is 1. The summed E-state index contributed by atoms with van der Waals surface area (Å²) in [7, 11) is 0. The third-order valence-corrected chi connectivity index (χ3v) is 7.22. The molecule has 4 aromatic rings. The van der Waals surface area contributed by atoms with Gasteiger partial charge in [0.1, 0.15) is 28.6 Å². The van der Waals surface area contributed by atoms with E-state index in [0.717, 1.165) is 5.56 Å². The number of nitrogens with two attached hydrogens (primary N) is 1. The van der Waals surface area contributed by atoms with Gasteiger partial charge >= 0.3 is 0 Å². The van der Waals surface area contributed by atoms with E-state index in [0.29, 0.717) is 65.8 Å². The first-order chi connectivity index (χ1) is 17.2. The number of rotatable bonds is 10. The number of hydrogen-bond donors (Lipinski definition) is 2. The molecule has 1 heterocycles. The molecule has 0 atom stereocenters. The van der Waals surface area contributed by atoms with Crippen molar-refractivity contribution in [2.75, 3.05) is 0 Å². The maximum absolute atomic E-state index is 13.6. The number of phenols is 1. The molecule has 0 saturated heterocycles. The molecule has 184 valence electrons. The van der Waals surface area contributed by atoms with Crippen LogP contribution in [0.25, 0.3) is 11.0 Å². The highest BCUT2D eigenvalue weighted by Crippen LogP contribution is 2.34. The predicted octanol–water partition coefficient (Wildman–Crippen LogP) is 6.52. The van der Waals surface area contributed by atoms with Crippen LogP contribution in [-0.2, 0) is 17.6 Å². The maximum Gasteiger partial charge on any atom is 0.217 e. The van der Waals surface area contributed by atoms with E-state index >= 15 is 0 Å². The van der Waals surface area contributed by atoms with E-state index in [1.54, 1.807) is 30.3 Å². The summed E-state index contributed by atoms with van der Waals surface area (Å²) in [5.74, 6) is 1.13. The summed E-state index contributed by atoms with van der Waals surface area (Å²) >= 11 is 4.00. The van der Waals surface area contributed by atoms with Gasteiger partial charge in [0.15, 0.2) is 5.78 Å². The Balaban J connectivity index is 1.67. The Hall–Kier alpha value is -2.86. The minimum atomic E-state index is -0.408. The highest BCUT2D eigenvalue weighted by Gasteiger charge is 2.24. The number of carbonyl (C=O) groups excluding carboxylic acids is 2. The normalized spacial score (nSPS) is 10.9. The lowest BCUT2D eigenvalue weighted by Crippen LogP contribution is -2.11. The first kappa shape index (κ1) is 26.2. The number of aryl methyl sites for hydroxylation is 1. The smallest absolute Gasteiger partial charge is 0.217 e. The first-order valence-corrected chi connectivity index (χ1v) is 13.3. The number of halogens is 2. The van der Waals surface area contributed by atoms with Crippen LogP contribution >= 0.6 is 45.2 Å². The molecule has 0 bridgehead atoms.